The van der Waals surface area contributed by atoms with E-state index in [4.69, 9.17) is 24.7 Å². The van der Waals surface area contributed by atoms with Crippen molar-refractivity contribution in [2.75, 3.05) is 52.0 Å². The number of carbonyl (C=O) groups is 4. The van der Waals surface area contributed by atoms with Gasteiger partial charge in [0.1, 0.15) is 36.5 Å². The number of benzene rings is 5. The van der Waals surface area contributed by atoms with Gasteiger partial charge in [-0.3, -0.25) is 24.2 Å². The minimum Gasteiger partial charge on any atom is -0.491 e. The average Bonchev–Trinajstić information content (AvgIpc) is 3.76. The molecule has 0 saturated carbocycles. The monoisotopic (exact) mass is 848 g/mol. The highest BCUT2D eigenvalue weighted by atomic mass is 16.6. The van der Waals surface area contributed by atoms with Gasteiger partial charge in [-0.15, -0.1) is 0 Å². The van der Waals surface area contributed by atoms with E-state index >= 15 is 4.79 Å². The Hall–Kier alpha value is -6.82. The summed E-state index contributed by atoms with van der Waals surface area (Å²) in [5, 5.41) is 9.69. The van der Waals surface area contributed by atoms with Crippen molar-refractivity contribution in [2.45, 2.75) is 36.2 Å². The summed E-state index contributed by atoms with van der Waals surface area (Å²) >= 11 is 0. The van der Waals surface area contributed by atoms with E-state index in [9.17, 15) is 19.5 Å². The number of cyclic esters (lactones) is 1. The minimum atomic E-state index is -2.04. The van der Waals surface area contributed by atoms with Crippen molar-refractivity contribution in [1.29, 1.82) is 0 Å². The zero-order valence-corrected chi connectivity index (χ0v) is 35.0. The number of aliphatic hydroxyl groups excluding tert-OH is 1. The predicted octanol–water partition coefficient (Wildman–Crippen LogP) is 5.48. The summed E-state index contributed by atoms with van der Waals surface area (Å²) in [6.07, 6.45) is -1.90. The highest BCUT2D eigenvalue weighted by Gasteiger charge is 2.75. The first-order valence-electron chi connectivity index (χ1n) is 20.8. The number of hydrogen-bond acceptors (Lipinski definition) is 11. The summed E-state index contributed by atoms with van der Waals surface area (Å²) in [7, 11) is 3.42. The van der Waals surface area contributed by atoms with Gasteiger partial charge < -0.3 is 29.8 Å². The fraction of sp³-hybridized carbons (Fsp3) is 0.280. The minimum absolute atomic E-state index is 0.0179. The zero-order chi connectivity index (χ0) is 44.1. The second-order valence-corrected chi connectivity index (χ2v) is 15.8. The van der Waals surface area contributed by atoms with Crippen molar-refractivity contribution in [3.63, 3.8) is 0 Å². The highest BCUT2D eigenvalue weighted by molar-refractivity contribution is 6.23. The quantitative estimate of drug-likeness (QED) is 0.0878. The van der Waals surface area contributed by atoms with Gasteiger partial charge in [0, 0.05) is 19.2 Å². The first-order valence-corrected chi connectivity index (χ1v) is 20.8. The maximum Gasteiger partial charge on any atom is 0.421 e. The van der Waals surface area contributed by atoms with Crippen LogP contribution in [0, 0.1) is 17.8 Å². The van der Waals surface area contributed by atoms with Crippen LogP contribution in [0.4, 0.5) is 10.5 Å². The highest BCUT2D eigenvalue weighted by Crippen LogP contribution is 2.66. The normalized spacial score (nSPS) is 22.5. The van der Waals surface area contributed by atoms with Gasteiger partial charge in [-0.1, -0.05) is 115 Å². The van der Waals surface area contributed by atoms with Crippen LogP contribution < -0.4 is 15.4 Å². The summed E-state index contributed by atoms with van der Waals surface area (Å²) in [6, 6.07) is 37.4. The van der Waals surface area contributed by atoms with Gasteiger partial charge in [0.2, 0.25) is 11.8 Å². The van der Waals surface area contributed by atoms with Crippen molar-refractivity contribution in [1.82, 2.24) is 9.80 Å². The van der Waals surface area contributed by atoms with Crippen LogP contribution in [0.15, 0.2) is 133 Å². The number of rotatable bonds is 13. The number of nitrogens with two attached hydrogens (primary N) is 1. The summed E-state index contributed by atoms with van der Waals surface area (Å²) in [5.41, 5.74) is 8.39. The Labute approximate surface area is 365 Å². The third kappa shape index (κ3) is 8.06. The molecule has 1 spiro atoms. The Bertz CT molecular complexity index is 2530. The summed E-state index contributed by atoms with van der Waals surface area (Å²) in [4.78, 5) is 64.4. The van der Waals surface area contributed by atoms with Gasteiger partial charge in [0.05, 0.1) is 43.4 Å². The number of ether oxygens (including phenoxy) is 4. The van der Waals surface area contributed by atoms with Crippen LogP contribution in [-0.2, 0) is 40.6 Å². The third-order valence-corrected chi connectivity index (χ3v) is 11.9. The molecule has 3 aliphatic rings. The van der Waals surface area contributed by atoms with E-state index in [1.165, 1.54) is 7.11 Å². The number of imide groups is 1. The van der Waals surface area contributed by atoms with Crippen LogP contribution in [0.3, 0.4) is 0 Å². The Morgan fingerprint density at radius 1 is 0.825 bits per heavy atom. The van der Waals surface area contributed by atoms with Gasteiger partial charge in [-0.25, -0.2) is 9.69 Å². The van der Waals surface area contributed by atoms with Crippen molar-refractivity contribution < 1.29 is 43.2 Å². The predicted molar refractivity (Wildman–Crippen MR) is 233 cm³/mol. The molecule has 0 unspecified atom stereocenters. The van der Waals surface area contributed by atoms with Gasteiger partial charge in [0.25, 0.3) is 0 Å². The van der Waals surface area contributed by atoms with E-state index in [1.54, 1.807) is 42.5 Å². The fourth-order valence-corrected chi connectivity index (χ4v) is 9.44. The lowest BCUT2D eigenvalue weighted by molar-refractivity contribution is -0.178. The lowest BCUT2D eigenvalue weighted by atomic mass is 9.65. The number of hydrogen-bond donors (Lipinski definition) is 2. The van der Waals surface area contributed by atoms with Gasteiger partial charge in [0.15, 0.2) is 0 Å². The van der Waals surface area contributed by atoms with Crippen LogP contribution in [-0.4, -0.2) is 92.0 Å². The standard InChI is InChI=1S/C50H48N4O9/c1-52(32-34-14-6-3-7-15-34)25-13-16-33-23-24-40-39(30-33)50(48(58)53(40)49(59)62-29-28-60-2)41(46(51)56)43-47(57)63-44(36-19-10-5-11-20-36)42(35-17-8-4-9-18-35)54(43)45(50)37-21-12-22-38(31-37)61-27-26-55/h3-12,14-15,17-24,30-31,41-45,55H,25-29,32H2,1-2H3,(H2,51,56)/t41-,42-,43-,44+,45+,50-/m1/s1. The van der Waals surface area contributed by atoms with E-state index in [0.29, 0.717) is 35.5 Å². The van der Waals surface area contributed by atoms with Gasteiger partial charge in [-0.2, -0.15) is 0 Å². The molecular formula is C50H48N4O9. The van der Waals surface area contributed by atoms with E-state index < -0.39 is 59.4 Å². The van der Waals surface area contributed by atoms with E-state index in [-0.39, 0.29) is 37.7 Å². The van der Waals surface area contributed by atoms with Crippen LogP contribution in [0.25, 0.3) is 0 Å². The Kier molecular flexibility index (Phi) is 12.7. The Morgan fingerprint density at radius 2 is 1.51 bits per heavy atom. The molecule has 3 N–H and O–H groups in total. The first kappa shape index (κ1) is 42.9. The maximum atomic E-state index is 15.9. The number of anilines is 1. The lowest BCUT2D eigenvalue weighted by Crippen LogP contribution is -2.55. The van der Waals surface area contributed by atoms with E-state index in [0.717, 1.165) is 16.0 Å². The number of amides is 3. The lowest BCUT2D eigenvalue weighted by Gasteiger charge is -2.46. The Balaban J connectivity index is 1.37. The first-order chi connectivity index (χ1) is 30.7. The van der Waals surface area contributed by atoms with Crippen molar-refractivity contribution in [3.8, 4) is 17.6 Å². The molecule has 3 heterocycles. The molecule has 8 rings (SSSR count). The molecule has 0 aromatic heterocycles. The molecule has 6 atom stereocenters. The molecule has 2 fully saturated rings. The zero-order valence-electron chi connectivity index (χ0n) is 35.0. The SMILES string of the molecule is COCCOC(=O)N1C(=O)[C@@]2(c3cc(C#CCN(C)Cc4ccccc4)ccc31)[C@H](c1cccc(OCCO)c1)N1[C@H](c3ccccc3)[C@H](c3ccccc3)OC(=O)[C@H]1[C@@H]2C(N)=O. The Morgan fingerprint density at radius 3 is 2.19 bits per heavy atom. The topological polar surface area (TPSA) is 161 Å². The number of aliphatic hydroxyl groups is 1. The molecule has 5 aromatic rings. The molecule has 0 aliphatic carbocycles. The molecule has 13 heteroatoms. The van der Waals surface area contributed by atoms with Crippen LogP contribution in [0.1, 0.15) is 51.6 Å². The maximum absolute atomic E-state index is 15.9. The van der Waals surface area contributed by atoms with Gasteiger partial charge in [-0.05, 0) is 65.2 Å². The molecular weight excluding hydrogens is 801 g/mol. The summed E-state index contributed by atoms with van der Waals surface area (Å²) in [6.45, 7) is 0.699. The molecule has 5 aromatic carbocycles. The molecule has 322 valence electrons. The second-order valence-electron chi connectivity index (χ2n) is 15.8. The molecule has 3 amide bonds. The number of carbonyl (C=O) groups excluding carboxylic acids is 4. The summed E-state index contributed by atoms with van der Waals surface area (Å²) in [5.74, 6) is 2.75. The molecule has 0 radical (unpaired) electrons. The van der Waals surface area contributed by atoms with Crippen LogP contribution >= 0.6 is 0 Å². The average molecular weight is 849 g/mol. The van der Waals surface area contributed by atoms with Crippen molar-refractivity contribution in [3.05, 3.63) is 167 Å². The smallest absolute Gasteiger partial charge is 0.421 e. The molecule has 13 nitrogen and oxygen atoms in total. The van der Waals surface area contributed by atoms with Crippen LogP contribution in [0.5, 0.6) is 5.75 Å². The van der Waals surface area contributed by atoms with E-state index in [1.807, 2.05) is 103 Å². The molecule has 63 heavy (non-hydrogen) atoms. The number of primary amides is 1. The van der Waals surface area contributed by atoms with Crippen LogP contribution in [0.2, 0.25) is 0 Å². The number of methoxy groups -OCH3 is 1. The molecule has 0 bridgehead atoms. The van der Waals surface area contributed by atoms with Crippen molar-refractivity contribution >= 4 is 29.6 Å². The second kappa shape index (κ2) is 18.7. The number of nitrogens with zero attached hydrogens (tertiary/aromatic N) is 3. The number of esters is 1. The summed E-state index contributed by atoms with van der Waals surface area (Å²) < 4.78 is 23.1. The molecule has 3 aliphatic heterocycles. The molecule has 2 saturated heterocycles. The number of morpholine rings is 1. The van der Waals surface area contributed by atoms with E-state index in [2.05, 4.69) is 16.7 Å². The third-order valence-electron chi connectivity index (χ3n) is 11.9. The van der Waals surface area contributed by atoms with Crippen molar-refractivity contribution in [2.24, 2.45) is 11.7 Å². The number of fused-ring (bicyclic) bond motifs is 3. The fourth-order valence-electron chi connectivity index (χ4n) is 9.44. The largest absolute Gasteiger partial charge is 0.491 e. The van der Waals surface area contributed by atoms with Gasteiger partial charge >= 0.3 is 12.1 Å².